The zero-order valence-electron chi connectivity index (χ0n) is 13.6. The summed E-state index contributed by atoms with van der Waals surface area (Å²) in [5.41, 5.74) is 0.384. The molecule has 2 rings (SSSR count). The van der Waals surface area contributed by atoms with Gasteiger partial charge in [0, 0.05) is 5.56 Å². The highest BCUT2D eigenvalue weighted by atomic mass is 16.5. The Balaban J connectivity index is 2.13. The van der Waals surface area contributed by atoms with E-state index in [1.54, 1.807) is 25.1 Å². The maximum absolute atomic E-state index is 12.1. The molecule has 1 heterocycles. The molecule has 9 heteroatoms. The van der Waals surface area contributed by atoms with Gasteiger partial charge < -0.3 is 15.4 Å². The lowest BCUT2D eigenvalue weighted by atomic mass is 10.1. The van der Waals surface area contributed by atoms with E-state index in [9.17, 15) is 14.4 Å². The number of anilines is 1. The Hall–Kier alpha value is -3.10. The first-order chi connectivity index (χ1) is 11.4. The highest BCUT2D eigenvalue weighted by Gasteiger charge is 2.15. The van der Waals surface area contributed by atoms with Crippen molar-refractivity contribution in [2.24, 2.45) is 0 Å². The van der Waals surface area contributed by atoms with Gasteiger partial charge in [0.1, 0.15) is 5.75 Å². The number of hydrogen-bond donors (Lipinski definition) is 4. The summed E-state index contributed by atoms with van der Waals surface area (Å²) in [6, 6.07) is 3.77. The number of Topliss-reactive ketones (excluding diaryl/α,β-unsaturated/α-hetero) is 1. The highest BCUT2D eigenvalue weighted by molar-refractivity contribution is 5.98. The summed E-state index contributed by atoms with van der Waals surface area (Å²) in [7, 11) is 0. The zero-order chi connectivity index (χ0) is 17.7. The van der Waals surface area contributed by atoms with Gasteiger partial charge in [0.25, 0.3) is 0 Å². The van der Waals surface area contributed by atoms with Gasteiger partial charge in [-0.15, -0.1) is 0 Å². The van der Waals surface area contributed by atoms with Gasteiger partial charge >= 0.3 is 11.7 Å². The molecule has 0 saturated carbocycles. The number of aromatic amines is 2. The van der Waals surface area contributed by atoms with E-state index >= 15 is 0 Å². The van der Waals surface area contributed by atoms with E-state index in [0.29, 0.717) is 29.4 Å². The minimum Gasteiger partial charge on any atom is -0.492 e. The smallest absolute Gasteiger partial charge is 0.340 e. The number of ether oxygens (including phenoxy) is 1. The molecule has 0 spiro atoms. The molecule has 2 amide bonds. The summed E-state index contributed by atoms with van der Waals surface area (Å²) in [6.07, 6.45) is 0. The number of carbonyl (C=O) groups is 2. The molecule has 1 atom stereocenters. The number of nitrogens with one attached hydrogen (secondary N) is 4. The van der Waals surface area contributed by atoms with Crippen molar-refractivity contribution >= 4 is 17.5 Å². The van der Waals surface area contributed by atoms with Crippen molar-refractivity contribution in [2.45, 2.75) is 26.8 Å². The number of rotatable bonds is 6. The van der Waals surface area contributed by atoms with Gasteiger partial charge in [0.05, 0.1) is 18.3 Å². The lowest BCUT2D eigenvalue weighted by Crippen LogP contribution is -2.32. The van der Waals surface area contributed by atoms with Crippen LogP contribution in [0.5, 0.6) is 5.75 Å². The fraction of sp³-hybridized carbons (Fsp3) is 0.333. The van der Waals surface area contributed by atoms with Crippen molar-refractivity contribution in [3.8, 4) is 5.75 Å². The molecule has 1 aromatic carbocycles. The van der Waals surface area contributed by atoms with E-state index < -0.39 is 17.8 Å². The van der Waals surface area contributed by atoms with Crippen LogP contribution in [-0.4, -0.2) is 33.6 Å². The number of amides is 2. The molecule has 1 aromatic heterocycles. The van der Waals surface area contributed by atoms with Gasteiger partial charge in [0.15, 0.2) is 11.6 Å². The van der Waals surface area contributed by atoms with Crippen molar-refractivity contribution in [2.75, 3.05) is 11.9 Å². The largest absolute Gasteiger partial charge is 0.492 e. The topological polar surface area (TPSA) is 129 Å². The molecule has 0 aliphatic carbocycles. The average Bonchev–Trinajstić information content (AvgIpc) is 2.95. The first kappa shape index (κ1) is 17.3. The lowest BCUT2D eigenvalue weighted by molar-refractivity contribution is 0.101. The number of carbonyl (C=O) groups excluding carboxylic acids is 2. The number of nitrogens with zero attached hydrogens (tertiary/aromatic N) is 1. The maximum atomic E-state index is 12.1. The van der Waals surface area contributed by atoms with E-state index in [0.717, 1.165) is 0 Å². The third kappa shape index (κ3) is 4.22. The van der Waals surface area contributed by atoms with Crippen LogP contribution >= 0.6 is 0 Å². The fourth-order valence-corrected chi connectivity index (χ4v) is 2.04. The van der Waals surface area contributed by atoms with Crippen LogP contribution in [0.1, 0.15) is 43.0 Å². The first-order valence-electron chi connectivity index (χ1n) is 7.40. The van der Waals surface area contributed by atoms with E-state index in [-0.39, 0.29) is 5.78 Å². The van der Waals surface area contributed by atoms with Gasteiger partial charge in [-0.3, -0.25) is 9.78 Å². The Bertz CT molecular complexity index is 795. The summed E-state index contributed by atoms with van der Waals surface area (Å²) in [4.78, 5) is 37.2. The summed E-state index contributed by atoms with van der Waals surface area (Å²) in [5, 5.41) is 11.3. The Morgan fingerprint density at radius 3 is 2.71 bits per heavy atom. The van der Waals surface area contributed by atoms with Crippen LogP contribution < -0.4 is 21.1 Å². The van der Waals surface area contributed by atoms with E-state index in [4.69, 9.17) is 4.74 Å². The molecular weight excluding hydrogens is 314 g/mol. The molecule has 0 saturated heterocycles. The first-order valence-corrected chi connectivity index (χ1v) is 7.40. The van der Waals surface area contributed by atoms with Crippen LogP contribution in [0.2, 0.25) is 0 Å². The van der Waals surface area contributed by atoms with Crippen LogP contribution in [0.25, 0.3) is 0 Å². The Labute approximate surface area is 137 Å². The molecule has 0 unspecified atom stereocenters. The molecule has 0 radical (unpaired) electrons. The van der Waals surface area contributed by atoms with E-state index in [1.807, 2.05) is 6.92 Å². The minimum absolute atomic E-state index is 0.121. The van der Waals surface area contributed by atoms with Crippen molar-refractivity contribution in [1.29, 1.82) is 0 Å². The third-order valence-corrected chi connectivity index (χ3v) is 3.21. The molecule has 0 aliphatic heterocycles. The standard InChI is InChI=1S/C15H19N5O4/c1-4-24-12-6-5-10(9(3)21)7-11(12)17-14(22)16-8(2)13-18-15(23)20-19-13/h5-8H,4H2,1-3H3,(H2,16,17,22)(H2,18,19,20,23)/t8-/m0/s1. The molecule has 4 N–H and O–H groups in total. The minimum atomic E-state index is -0.520. The number of H-pyrrole nitrogens is 2. The summed E-state index contributed by atoms with van der Waals surface area (Å²) in [5.74, 6) is 0.639. The Kier molecular flexibility index (Phi) is 5.35. The fourth-order valence-electron chi connectivity index (χ4n) is 2.04. The highest BCUT2D eigenvalue weighted by Crippen LogP contribution is 2.26. The molecule has 2 aromatic rings. The molecule has 0 aliphatic rings. The van der Waals surface area contributed by atoms with Gasteiger partial charge in [-0.25, -0.2) is 14.7 Å². The summed E-state index contributed by atoms with van der Waals surface area (Å²) < 4.78 is 5.45. The van der Waals surface area contributed by atoms with Crippen molar-refractivity contribution in [1.82, 2.24) is 20.5 Å². The van der Waals surface area contributed by atoms with Gasteiger partial charge in [-0.1, -0.05) is 0 Å². The lowest BCUT2D eigenvalue weighted by Gasteiger charge is -2.15. The van der Waals surface area contributed by atoms with Crippen molar-refractivity contribution in [3.05, 3.63) is 40.1 Å². The predicted molar refractivity (Wildman–Crippen MR) is 87.4 cm³/mol. The second-order valence-corrected chi connectivity index (χ2v) is 5.08. The monoisotopic (exact) mass is 333 g/mol. The van der Waals surface area contributed by atoms with Gasteiger partial charge in [-0.05, 0) is 39.0 Å². The number of hydrogen-bond acceptors (Lipinski definition) is 5. The van der Waals surface area contributed by atoms with Crippen LogP contribution in [0.3, 0.4) is 0 Å². The molecule has 9 nitrogen and oxygen atoms in total. The van der Waals surface area contributed by atoms with Crippen LogP contribution in [-0.2, 0) is 0 Å². The maximum Gasteiger partial charge on any atom is 0.340 e. The number of urea groups is 1. The second kappa shape index (κ2) is 7.44. The molecule has 0 fully saturated rings. The van der Waals surface area contributed by atoms with Crippen LogP contribution in [0.15, 0.2) is 23.0 Å². The Morgan fingerprint density at radius 2 is 2.12 bits per heavy atom. The molecule has 128 valence electrons. The third-order valence-electron chi connectivity index (χ3n) is 3.21. The SMILES string of the molecule is CCOc1ccc(C(C)=O)cc1NC(=O)N[C@@H](C)c1n[nH]c(=O)[nH]1. The normalized spacial score (nSPS) is 11.6. The number of benzene rings is 1. The summed E-state index contributed by atoms with van der Waals surface area (Å²) >= 11 is 0. The van der Waals surface area contributed by atoms with E-state index in [2.05, 4.69) is 25.8 Å². The van der Waals surface area contributed by atoms with Crippen LogP contribution in [0.4, 0.5) is 10.5 Å². The van der Waals surface area contributed by atoms with Crippen LogP contribution in [0, 0.1) is 0 Å². The van der Waals surface area contributed by atoms with E-state index in [1.165, 1.54) is 6.92 Å². The van der Waals surface area contributed by atoms with Crippen molar-refractivity contribution < 1.29 is 14.3 Å². The quantitative estimate of drug-likeness (QED) is 0.597. The summed E-state index contributed by atoms with van der Waals surface area (Å²) in [6.45, 7) is 5.34. The second-order valence-electron chi connectivity index (χ2n) is 5.08. The van der Waals surface area contributed by atoms with Gasteiger partial charge in [-0.2, -0.15) is 5.10 Å². The Morgan fingerprint density at radius 1 is 1.38 bits per heavy atom. The van der Waals surface area contributed by atoms with Gasteiger partial charge in [0.2, 0.25) is 0 Å². The molecule has 0 bridgehead atoms. The van der Waals surface area contributed by atoms with Crippen molar-refractivity contribution in [3.63, 3.8) is 0 Å². The number of ketones is 1. The number of aromatic nitrogens is 3. The molecule has 24 heavy (non-hydrogen) atoms. The zero-order valence-corrected chi connectivity index (χ0v) is 13.6. The average molecular weight is 333 g/mol. The predicted octanol–water partition coefficient (Wildman–Crippen LogP) is 1.58. The molecular formula is C15H19N5O4.